The Morgan fingerprint density at radius 2 is 1.95 bits per heavy atom. The van der Waals surface area contributed by atoms with Crippen LogP contribution >= 0.6 is 11.8 Å². The van der Waals surface area contributed by atoms with Crippen LogP contribution in [0.5, 0.6) is 0 Å². The largest absolute Gasteiger partial charge is 0.338 e. The predicted molar refractivity (Wildman–Crippen MR) is 80.4 cm³/mol. The molecular weight excluding hydrogens is 256 g/mol. The highest BCUT2D eigenvalue weighted by Crippen LogP contribution is 2.32. The van der Waals surface area contributed by atoms with Gasteiger partial charge < -0.3 is 10.2 Å². The molecule has 4 heteroatoms. The number of nitrogens with zero attached hydrogens (tertiary/aromatic N) is 1. The first kappa shape index (κ1) is 13.7. The quantitative estimate of drug-likeness (QED) is 0.858. The highest BCUT2D eigenvalue weighted by Gasteiger charge is 2.37. The van der Waals surface area contributed by atoms with Crippen LogP contribution in [-0.2, 0) is 4.79 Å². The van der Waals surface area contributed by atoms with Gasteiger partial charge in [-0.1, -0.05) is 19.3 Å². The Balaban J connectivity index is 1.57. The van der Waals surface area contributed by atoms with Gasteiger partial charge in [0.1, 0.15) is 0 Å². The fraction of sp³-hybridized carbons (Fsp3) is 0.933. The average molecular weight is 282 g/mol. The van der Waals surface area contributed by atoms with E-state index in [0.29, 0.717) is 11.9 Å². The average Bonchev–Trinajstić information content (AvgIpc) is 3.31. The molecule has 3 aliphatic rings. The SMILES string of the molecule is O=C(C1CSCCN1)N(CC1CCCCC1)C1CC1. The van der Waals surface area contributed by atoms with Crippen LogP contribution in [0.3, 0.4) is 0 Å². The number of carbonyl (C=O) groups is 1. The van der Waals surface area contributed by atoms with Crippen molar-refractivity contribution in [2.24, 2.45) is 5.92 Å². The number of hydrogen-bond acceptors (Lipinski definition) is 3. The van der Waals surface area contributed by atoms with E-state index in [1.807, 2.05) is 11.8 Å². The second-order valence-electron chi connectivity index (χ2n) is 6.31. The van der Waals surface area contributed by atoms with Crippen LogP contribution in [0.25, 0.3) is 0 Å². The van der Waals surface area contributed by atoms with Gasteiger partial charge in [-0.3, -0.25) is 4.79 Å². The zero-order valence-electron chi connectivity index (χ0n) is 11.8. The summed E-state index contributed by atoms with van der Waals surface area (Å²) in [5, 5.41) is 3.41. The zero-order valence-corrected chi connectivity index (χ0v) is 12.6. The summed E-state index contributed by atoms with van der Waals surface area (Å²) in [5.41, 5.74) is 0. The molecule has 0 bridgehead atoms. The molecule has 0 aromatic carbocycles. The van der Waals surface area contributed by atoms with Crippen molar-refractivity contribution >= 4 is 17.7 Å². The second-order valence-corrected chi connectivity index (χ2v) is 7.46. The van der Waals surface area contributed by atoms with E-state index in [1.54, 1.807) is 0 Å². The Labute approximate surface area is 120 Å². The van der Waals surface area contributed by atoms with Gasteiger partial charge in [0.25, 0.3) is 0 Å². The second kappa shape index (κ2) is 6.49. The third-order valence-corrected chi connectivity index (χ3v) is 5.73. The topological polar surface area (TPSA) is 32.3 Å². The molecule has 0 aromatic heterocycles. The number of hydrogen-bond donors (Lipinski definition) is 1. The van der Waals surface area contributed by atoms with Crippen molar-refractivity contribution < 1.29 is 4.79 Å². The fourth-order valence-electron chi connectivity index (χ4n) is 3.38. The van der Waals surface area contributed by atoms with Crippen LogP contribution in [0.15, 0.2) is 0 Å². The van der Waals surface area contributed by atoms with E-state index < -0.39 is 0 Å². The predicted octanol–water partition coefficient (Wildman–Crippen LogP) is 2.26. The van der Waals surface area contributed by atoms with Crippen molar-refractivity contribution in [3.63, 3.8) is 0 Å². The van der Waals surface area contributed by atoms with Crippen molar-refractivity contribution in [1.82, 2.24) is 10.2 Å². The first-order chi connectivity index (χ1) is 9.34. The molecule has 1 N–H and O–H groups in total. The highest BCUT2D eigenvalue weighted by atomic mass is 32.2. The van der Waals surface area contributed by atoms with Crippen molar-refractivity contribution in [2.45, 2.75) is 57.0 Å². The third kappa shape index (κ3) is 3.66. The lowest BCUT2D eigenvalue weighted by Gasteiger charge is -2.33. The lowest BCUT2D eigenvalue weighted by Crippen LogP contribution is -2.52. The van der Waals surface area contributed by atoms with Crippen LogP contribution in [-0.4, -0.2) is 47.5 Å². The van der Waals surface area contributed by atoms with Gasteiger partial charge in [0, 0.05) is 30.6 Å². The van der Waals surface area contributed by atoms with Crippen molar-refractivity contribution in [1.29, 1.82) is 0 Å². The van der Waals surface area contributed by atoms with Crippen molar-refractivity contribution in [2.75, 3.05) is 24.6 Å². The molecule has 1 atom stereocenters. The van der Waals surface area contributed by atoms with Gasteiger partial charge >= 0.3 is 0 Å². The molecule has 3 fully saturated rings. The molecule has 1 amide bonds. The number of nitrogens with one attached hydrogen (secondary N) is 1. The van der Waals surface area contributed by atoms with Crippen molar-refractivity contribution in [3.8, 4) is 0 Å². The Kier molecular flexibility index (Phi) is 4.69. The summed E-state index contributed by atoms with van der Waals surface area (Å²) in [5.74, 6) is 3.28. The van der Waals surface area contributed by atoms with E-state index in [4.69, 9.17) is 0 Å². The number of thioether (sulfide) groups is 1. The van der Waals surface area contributed by atoms with E-state index in [1.165, 1.54) is 44.9 Å². The van der Waals surface area contributed by atoms with E-state index in [-0.39, 0.29) is 6.04 Å². The highest BCUT2D eigenvalue weighted by molar-refractivity contribution is 7.99. The molecule has 1 unspecified atom stereocenters. The maximum atomic E-state index is 12.7. The van der Waals surface area contributed by atoms with Crippen LogP contribution in [0.4, 0.5) is 0 Å². The molecule has 2 saturated carbocycles. The summed E-state index contributed by atoms with van der Waals surface area (Å²) in [6, 6.07) is 0.658. The Morgan fingerprint density at radius 3 is 2.58 bits per heavy atom. The summed E-state index contributed by atoms with van der Waals surface area (Å²) in [6.07, 6.45) is 9.28. The van der Waals surface area contributed by atoms with Crippen LogP contribution < -0.4 is 5.32 Å². The first-order valence-electron chi connectivity index (χ1n) is 7.96. The first-order valence-corrected chi connectivity index (χ1v) is 9.11. The van der Waals surface area contributed by atoms with Crippen molar-refractivity contribution in [3.05, 3.63) is 0 Å². The van der Waals surface area contributed by atoms with Gasteiger partial charge in [0.05, 0.1) is 6.04 Å². The molecule has 1 heterocycles. The van der Waals surface area contributed by atoms with Gasteiger partial charge in [-0.05, 0) is 31.6 Å². The Hall–Kier alpha value is -0.220. The van der Waals surface area contributed by atoms with Gasteiger partial charge in [-0.25, -0.2) is 0 Å². The van der Waals surface area contributed by atoms with Crippen LogP contribution in [0, 0.1) is 5.92 Å². The van der Waals surface area contributed by atoms with Gasteiger partial charge in [0.2, 0.25) is 5.91 Å². The minimum Gasteiger partial charge on any atom is -0.338 e. The van der Waals surface area contributed by atoms with E-state index >= 15 is 0 Å². The van der Waals surface area contributed by atoms with E-state index in [9.17, 15) is 4.79 Å². The number of amides is 1. The molecule has 108 valence electrons. The summed E-state index contributed by atoms with van der Waals surface area (Å²) < 4.78 is 0. The lowest BCUT2D eigenvalue weighted by molar-refractivity contribution is -0.134. The molecule has 3 rings (SSSR count). The molecule has 0 spiro atoms. The standard InChI is InChI=1S/C15H26N2OS/c18-15(14-11-19-9-8-16-14)17(13-6-7-13)10-12-4-2-1-3-5-12/h12-14,16H,1-11H2. The lowest BCUT2D eigenvalue weighted by atomic mass is 9.89. The normalized spacial score (nSPS) is 29.2. The zero-order chi connectivity index (χ0) is 13.1. The molecule has 1 aliphatic heterocycles. The smallest absolute Gasteiger partial charge is 0.240 e. The maximum absolute atomic E-state index is 12.7. The Bertz CT molecular complexity index is 307. The minimum atomic E-state index is 0.0861. The molecule has 3 nitrogen and oxygen atoms in total. The summed E-state index contributed by atoms with van der Waals surface area (Å²) >= 11 is 1.92. The molecule has 0 radical (unpaired) electrons. The fourth-order valence-corrected chi connectivity index (χ4v) is 4.30. The maximum Gasteiger partial charge on any atom is 0.240 e. The van der Waals surface area contributed by atoms with E-state index in [2.05, 4.69) is 10.2 Å². The van der Waals surface area contributed by atoms with Gasteiger partial charge in [-0.15, -0.1) is 0 Å². The van der Waals surface area contributed by atoms with Crippen LogP contribution in [0.2, 0.25) is 0 Å². The number of carbonyl (C=O) groups excluding carboxylic acids is 1. The van der Waals surface area contributed by atoms with Gasteiger partial charge in [-0.2, -0.15) is 11.8 Å². The molecule has 0 aromatic rings. The monoisotopic (exact) mass is 282 g/mol. The van der Waals surface area contributed by atoms with Gasteiger partial charge in [0.15, 0.2) is 0 Å². The molecular formula is C15H26N2OS. The minimum absolute atomic E-state index is 0.0861. The number of rotatable bonds is 4. The third-order valence-electron chi connectivity index (χ3n) is 4.67. The van der Waals surface area contributed by atoms with Crippen LogP contribution in [0.1, 0.15) is 44.9 Å². The molecule has 2 aliphatic carbocycles. The molecule has 19 heavy (non-hydrogen) atoms. The summed E-state index contributed by atoms with van der Waals surface area (Å²) in [7, 11) is 0. The molecule has 1 saturated heterocycles. The Morgan fingerprint density at radius 1 is 1.16 bits per heavy atom. The summed E-state index contributed by atoms with van der Waals surface area (Å²) in [6.45, 7) is 2.02. The van der Waals surface area contributed by atoms with E-state index in [0.717, 1.165) is 30.5 Å². The summed E-state index contributed by atoms with van der Waals surface area (Å²) in [4.78, 5) is 14.9.